The molecule has 0 aromatic heterocycles. The molecule has 0 spiro atoms. The molecule has 5 nitrogen and oxygen atoms in total. The van der Waals surface area contributed by atoms with Crippen LogP contribution in [0.3, 0.4) is 0 Å². The van der Waals surface area contributed by atoms with Crippen LogP contribution in [0, 0.1) is 72.7 Å². The van der Waals surface area contributed by atoms with Gasteiger partial charge in [0.2, 0.25) is 0 Å². The van der Waals surface area contributed by atoms with Crippen molar-refractivity contribution in [2.75, 3.05) is 26.4 Å². The second-order valence-electron chi connectivity index (χ2n) is 10.9. The maximum Gasteiger partial charge on any atom is 4.00 e. The molecule has 232 valence electrons. The monoisotopic (exact) mass is 1030 g/mol. The molecule has 3 heterocycles. The van der Waals surface area contributed by atoms with E-state index >= 15 is 0 Å². The Morgan fingerprint density at radius 3 is 1.58 bits per heavy atom. The zero-order valence-electron chi connectivity index (χ0n) is 27.1. The van der Waals surface area contributed by atoms with E-state index in [1.807, 2.05) is 32.1 Å². The molecule has 0 aliphatic carbocycles. The number of aliphatic imine (C=N–C) groups is 1. The Morgan fingerprint density at radius 1 is 0.721 bits per heavy atom. The van der Waals surface area contributed by atoms with Crippen LogP contribution in [-0.2, 0) is 9.47 Å². The summed E-state index contributed by atoms with van der Waals surface area (Å²) < 4.78 is 9.89. The van der Waals surface area contributed by atoms with E-state index in [1.165, 1.54) is 59.1 Å². The van der Waals surface area contributed by atoms with E-state index in [9.17, 15) is 0 Å². The van der Waals surface area contributed by atoms with Crippen molar-refractivity contribution in [2.24, 2.45) is 4.99 Å². The minimum absolute atomic E-state index is 0. The molecule has 3 aliphatic rings. The number of nitrogens with zero attached hydrogens (tertiary/aromatic N) is 3. The summed E-state index contributed by atoms with van der Waals surface area (Å²) in [6.45, 7) is 20.7. The van der Waals surface area contributed by atoms with E-state index in [4.69, 9.17) is 25.1 Å². The molecule has 2 aromatic rings. The topological polar surface area (TPSA) is 59.0 Å². The first-order valence-electron chi connectivity index (χ1n) is 14.5. The first kappa shape index (κ1) is 42.4. The predicted octanol–water partition coefficient (Wildman–Crippen LogP) is 4.00. The van der Waals surface area contributed by atoms with Crippen molar-refractivity contribution in [2.45, 2.75) is 81.1 Å². The quantitative estimate of drug-likeness (QED) is 0.344. The van der Waals surface area contributed by atoms with Crippen molar-refractivity contribution in [3.63, 3.8) is 0 Å². The second-order valence-corrected chi connectivity index (χ2v) is 10.9. The Hall–Kier alpha value is -0.638. The van der Waals surface area contributed by atoms with Crippen LogP contribution in [0.5, 0.6) is 0 Å². The van der Waals surface area contributed by atoms with Crippen LogP contribution in [0.4, 0.5) is 11.4 Å². The molecule has 5 rings (SSSR count). The van der Waals surface area contributed by atoms with E-state index in [0.29, 0.717) is 0 Å². The van der Waals surface area contributed by atoms with E-state index in [1.54, 1.807) is 0 Å². The van der Waals surface area contributed by atoms with Crippen LogP contribution in [0.15, 0.2) is 64.6 Å². The van der Waals surface area contributed by atoms with Gasteiger partial charge < -0.3 is 68.1 Å². The van der Waals surface area contributed by atoms with Crippen molar-refractivity contribution < 1.29 is 88.5 Å². The van der Waals surface area contributed by atoms with Crippen LogP contribution in [0.1, 0.15) is 72.9 Å². The van der Waals surface area contributed by atoms with Gasteiger partial charge in [0.05, 0.1) is 5.69 Å². The SMILES string of the molecule is C1CCOC1.C1CCOC1.CC(=Nc1c(C)cc(C)cc1C)C1=CC=C/C(=C(\C)[N-]c2c(C)cc(C)cc2C)[N-]1.[I-].[I-].[U+4]. The zero-order valence-corrected chi connectivity index (χ0v) is 35.6. The predicted molar refractivity (Wildman–Crippen MR) is 170 cm³/mol. The van der Waals surface area contributed by atoms with Gasteiger partial charge in [0.25, 0.3) is 0 Å². The summed E-state index contributed by atoms with van der Waals surface area (Å²) in [4.78, 5) is 4.91. The van der Waals surface area contributed by atoms with Gasteiger partial charge in [0.15, 0.2) is 0 Å². The molecule has 3 aliphatic heterocycles. The first-order valence-corrected chi connectivity index (χ1v) is 14.5. The molecular weight excluding hydrogens is 986 g/mol. The standard InChI is InChI=1S/C27H31N3.2C4H8O.2HI.U/c1-16-12-18(3)26(19(4)13-16)28-22(7)24-10-9-11-25(30-24)23(8)29-27-20(5)14-17(2)15-21(27)6;2*1-2-4-5-3-1;;;/h9-15H,1-8H3;2*1-4H2;2*1H;/q-2;;;;;+4/p-2/b24-22-,29-23?;;;;;. The molecule has 0 radical (unpaired) electrons. The third-order valence-electron chi connectivity index (χ3n) is 6.97. The summed E-state index contributed by atoms with van der Waals surface area (Å²) in [5.41, 5.74) is 12.9. The zero-order chi connectivity index (χ0) is 29.1. The summed E-state index contributed by atoms with van der Waals surface area (Å²) >= 11 is 0. The van der Waals surface area contributed by atoms with Crippen molar-refractivity contribution in [1.82, 2.24) is 0 Å². The number of halogens is 2. The molecule has 8 heteroatoms. The second kappa shape index (κ2) is 22.0. The molecule has 0 N–H and O–H groups in total. The van der Waals surface area contributed by atoms with Crippen molar-refractivity contribution in [1.29, 1.82) is 0 Å². The Balaban J connectivity index is 0.00000114. The molecular formula is C35H47I2N3O2U. The van der Waals surface area contributed by atoms with Crippen molar-refractivity contribution in [3.8, 4) is 0 Å². The smallest absolute Gasteiger partial charge is 1.00 e. The summed E-state index contributed by atoms with van der Waals surface area (Å²) in [5.74, 6) is 0. The van der Waals surface area contributed by atoms with Gasteiger partial charge in [-0.3, -0.25) is 4.99 Å². The average molecular weight is 1030 g/mol. The Bertz CT molecular complexity index is 1220. The van der Waals surface area contributed by atoms with Gasteiger partial charge in [-0.25, -0.2) is 0 Å². The molecule has 43 heavy (non-hydrogen) atoms. The van der Waals surface area contributed by atoms with Gasteiger partial charge in [0.1, 0.15) is 0 Å². The van der Waals surface area contributed by atoms with Crippen LogP contribution in [0.25, 0.3) is 10.6 Å². The minimum atomic E-state index is 0. The van der Waals surface area contributed by atoms with E-state index < -0.39 is 0 Å². The normalized spacial score (nSPS) is 16.5. The molecule has 0 bridgehead atoms. The summed E-state index contributed by atoms with van der Waals surface area (Å²) in [6.07, 6.45) is 11.2. The molecule has 0 atom stereocenters. The van der Waals surface area contributed by atoms with Crippen molar-refractivity contribution >= 4 is 17.1 Å². The third-order valence-corrected chi connectivity index (χ3v) is 6.97. The van der Waals surface area contributed by atoms with Gasteiger partial charge in [-0.15, -0.1) is 11.4 Å². The molecule has 2 saturated heterocycles. The van der Waals surface area contributed by atoms with E-state index in [0.717, 1.165) is 60.6 Å². The number of hydrogen-bond donors (Lipinski definition) is 0. The fraction of sp³-hybridized carbons (Fsp3) is 0.457. The third kappa shape index (κ3) is 14.1. The maximum atomic E-state index is 4.94. The van der Waals surface area contributed by atoms with Crippen LogP contribution >= 0.6 is 0 Å². The number of ether oxygens (including phenoxy) is 2. The summed E-state index contributed by atoms with van der Waals surface area (Å²) in [7, 11) is 0. The number of aryl methyl sites for hydroxylation is 6. The van der Waals surface area contributed by atoms with Crippen LogP contribution in [-0.4, -0.2) is 32.1 Å². The number of hydrogen-bond acceptors (Lipinski definition) is 3. The molecule has 0 saturated carbocycles. The van der Waals surface area contributed by atoms with E-state index in [-0.39, 0.29) is 79.1 Å². The Labute approximate surface area is 318 Å². The Morgan fingerprint density at radius 2 is 1.16 bits per heavy atom. The average Bonchev–Trinajstić information content (AvgIpc) is 3.68. The van der Waals surface area contributed by atoms with Gasteiger partial charge in [-0.2, -0.15) is 11.4 Å². The summed E-state index contributed by atoms with van der Waals surface area (Å²) in [5, 5.41) is 9.76. The van der Waals surface area contributed by atoms with Gasteiger partial charge in [0, 0.05) is 32.1 Å². The number of benzene rings is 2. The van der Waals surface area contributed by atoms with Crippen molar-refractivity contribution in [3.05, 3.63) is 104 Å². The van der Waals surface area contributed by atoms with Gasteiger partial charge in [-0.05, 0) is 85.3 Å². The van der Waals surface area contributed by atoms with Gasteiger partial charge >= 0.3 is 31.1 Å². The molecule has 0 unspecified atom stereocenters. The maximum absolute atomic E-state index is 4.94. The fourth-order valence-corrected chi connectivity index (χ4v) is 5.01. The fourth-order valence-electron chi connectivity index (χ4n) is 5.01. The number of rotatable bonds is 4. The van der Waals surface area contributed by atoms with Crippen LogP contribution < -0.4 is 48.0 Å². The number of allylic oxidation sites excluding steroid dienone is 5. The minimum Gasteiger partial charge on any atom is -1.00 e. The first-order chi connectivity index (χ1) is 19.2. The molecule has 2 fully saturated rings. The Kier molecular flexibility index (Phi) is 21.7. The molecule has 2 aromatic carbocycles. The van der Waals surface area contributed by atoms with Gasteiger partial charge in [-0.1, -0.05) is 71.7 Å². The van der Waals surface area contributed by atoms with Crippen LogP contribution in [0.2, 0.25) is 0 Å². The largest absolute Gasteiger partial charge is 4.00 e. The summed E-state index contributed by atoms with van der Waals surface area (Å²) in [6, 6.07) is 8.69. The molecule has 0 amide bonds. The van der Waals surface area contributed by atoms with E-state index in [2.05, 4.69) is 65.8 Å².